The van der Waals surface area contributed by atoms with Crippen LogP contribution in [0.4, 0.5) is 0 Å². The molecule has 1 aromatic heterocycles. The van der Waals surface area contributed by atoms with E-state index < -0.39 is 0 Å². The molecule has 1 aliphatic heterocycles. The Morgan fingerprint density at radius 1 is 1.06 bits per heavy atom. The van der Waals surface area contributed by atoms with E-state index in [9.17, 15) is 9.59 Å². The van der Waals surface area contributed by atoms with Crippen LogP contribution in [-0.2, 0) is 29.5 Å². The number of aryl methyl sites for hydroxylation is 2. The topological polar surface area (TPSA) is 85.6 Å². The Hall–Kier alpha value is -3.74. The van der Waals surface area contributed by atoms with Crippen LogP contribution in [0.3, 0.4) is 0 Å². The SMILES string of the molecule is CCCCc1nc(C)n(C)c(=O)c1Cc1ccc(-c2ccccc2C2=NOCC(=O)N2)cc1. The first-order valence-corrected chi connectivity index (χ1v) is 11.2. The van der Waals surface area contributed by atoms with Crippen LogP contribution in [-0.4, -0.2) is 27.9 Å². The van der Waals surface area contributed by atoms with Crippen molar-refractivity contribution in [3.05, 3.63) is 87.1 Å². The summed E-state index contributed by atoms with van der Waals surface area (Å²) in [6.07, 6.45) is 3.41. The Labute approximate surface area is 193 Å². The maximum Gasteiger partial charge on any atom is 0.266 e. The summed E-state index contributed by atoms with van der Waals surface area (Å²) in [5.74, 6) is 0.918. The molecule has 1 N–H and O–H groups in total. The first-order chi connectivity index (χ1) is 16.0. The van der Waals surface area contributed by atoms with Gasteiger partial charge in [0, 0.05) is 24.6 Å². The third-order valence-corrected chi connectivity index (χ3v) is 5.90. The molecule has 33 heavy (non-hydrogen) atoms. The van der Waals surface area contributed by atoms with Gasteiger partial charge in [0.25, 0.3) is 11.5 Å². The zero-order valence-electron chi connectivity index (χ0n) is 19.2. The van der Waals surface area contributed by atoms with Crippen molar-refractivity contribution in [3.8, 4) is 11.1 Å². The summed E-state index contributed by atoms with van der Waals surface area (Å²) in [5.41, 5.74) is 5.44. The molecule has 0 fully saturated rings. The molecule has 0 atom stereocenters. The highest BCUT2D eigenvalue weighted by Gasteiger charge is 2.18. The third kappa shape index (κ3) is 4.87. The van der Waals surface area contributed by atoms with Gasteiger partial charge in [-0.3, -0.25) is 14.2 Å². The van der Waals surface area contributed by atoms with Gasteiger partial charge in [-0.1, -0.05) is 67.0 Å². The van der Waals surface area contributed by atoms with Gasteiger partial charge >= 0.3 is 0 Å². The van der Waals surface area contributed by atoms with Crippen molar-refractivity contribution in [2.75, 3.05) is 6.61 Å². The Bertz CT molecular complexity index is 1260. The number of aromatic nitrogens is 2. The Morgan fingerprint density at radius 3 is 2.48 bits per heavy atom. The average Bonchev–Trinajstić information content (AvgIpc) is 2.84. The predicted molar refractivity (Wildman–Crippen MR) is 128 cm³/mol. The monoisotopic (exact) mass is 444 g/mol. The molecule has 1 amide bonds. The molecule has 2 heterocycles. The van der Waals surface area contributed by atoms with E-state index in [-0.39, 0.29) is 18.1 Å². The number of nitrogens with zero attached hydrogens (tertiary/aromatic N) is 3. The number of nitrogens with one attached hydrogen (secondary N) is 1. The molecule has 0 saturated heterocycles. The van der Waals surface area contributed by atoms with Crippen molar-refractivity contribution in [1.82, 2.24) is 14.9 Å². The molecule has 0 radical (unpaired) electrons. The van der Waals surface area contributed by atoms with E-state index in [1.54, 1.807) is 11.6 Å². The van der Waals surface area contributed by atoms with E-state index >= 15 is 0 Å². The number of amidine groups is 1. The van der Waals surface area contributed by atoms with Crippen LogP contribution in [0.15, 0.2) is 58.5 Å². The molecule has 0 saturated carbocycles. The minimum atomic E-state index is -0.225. The highest BCUT2D eigenvalue weighted by atomic mass is 16.6. The summed E-state index contributed by atoms with van der Waals surface area (Å²) < 4.78 is 1.62. The van der Waals surface area contributed by atoms with Gasteiger partial charge in [-0.15, -0.1) is 0 Å². The molecule has 0 bridgehead atoms. The first-order valence-electron chi connectivity index (χ1n) is 11.2. The molecule has 2 aromatic carbocycles. The minimum Gasteiger partial charge on any atom is -0.384 e. The minimum absolute atomic E-state index is 0.0223. The van der Waals surface area contributed by atoms with Crippen molar-refractivity contribution < 1.29 is 9.63 Å². The molecule has 7 heteroatoms. The number of oxime groups is 1. The fourth-order valence-electron chi connectivity index (χ4n) is 3.95. The second kappa shape index (κ2) is 9.81. The molecule has 3 aromatic rings. The van der Waals surface area contributed by atoms with E-state index in [2.05, 4.69) is 17.4 Å². The van der Waals surface area contributed by atoms with Crippen LogP contribution in [0.25, 0.3) is 11.1 Å². The number of carbonyl (C=O) groups excluding carboxylic acids is 1. The number of amides is 1. The number of rotatable bonds is 7. The second-order valence-corrected chi connectivity index (χ2v) is 8.23. The molecular weight excluding hydrogens is 416 g/mol. The molecule has 4 rings (SSSR count). The second-order valence-electron chi connectivity index (χ2n) is 8.23. The van der Waals surface area contributed by atoms with Gasteiger partial charge < -0.3 is 10.2 Å². The van der Waals surface area contributed by atoms with Gasteiger partial charge in [0.05, 0.1) is 5.69 Å². The van der Waals surface area contributed by atoms with Crippen LogP contribution in [0.5, 0.6) is 0 Å². The van der Waals surface area contributed by atoms with E-state index in [0.717, 1.165) is 58.6 Å². The van der Waals surface area contributed by atoms with Crippen LogP contribution in [0.1, 0.15) is 48.0 Å². The first kappa shape index (κ1) is 22.5. The normalized spacial score (nSPS) is 13.3. The molecule has 0 unspecified atom stereocenters. The average molecular weight is 445 g/mol. The zero-order valence-corrected chi connectivity index (χ0v) is 19.2. The van der Waals surface area contributed by atoms with Crippen molar-refractivity contribution >= 4 is 11.7 Å². The predicted octanol–water partition coefficient (Wildman–Crippen LogP) is 3.50. The Balaban J connectivity index is 1.64. The summed E-state index contributed by atoms with van der Waals surface area (Å²) in [7, 11) is 1.77. The lowest BCUT2D eigenvalue weighted by molar-refractivity contribution is -0.125. The largest absolute Gasteiger partial charge is 0.384 e. The van der Waals surface area contributed by atoms with Gasteiger partial charge in [-0.2, -0.15) is 0 Å². The highest BCUT2D eigenvalue weighted by Crippen LogP contribution is 2.25. The quantitative estimate of drug-likeness (QED) is 0.604. The molecule has 7 nitrogen and oxygen atoms in total. The number of unbranched alkanes of at least 4 members (excludes halogenated alkanes) is 1. The van der Waals surface area contributed by atoms with Gasteiger partial charge in [0.1, 0.15) is 5.82 Å². The fraction of sp³-hybridized carbons (Fsp3) is 0.308. The van der Waals surface area contributed by atoms with Crippen LogP contribution < -0.4 is 10.9 Å². The molecular formula is C26H28N4O3. The van der Waals surface area contributed by atoms with Crippen molar-refractivity contribution in [2.24, 2.45) is 12.2 Å². The highest BCUT2D eigenvalue weighted by molar-refractivity contribution is 6.12. The van der Waals surface area contributed by atoms with Crippen molar-refractivity contribution in [3.63, 3.8) is 0 Å². The Kier molecular flexibility index (Phi) is 6.68. The van der Waals surface area contributed by atoms with Crippen LogP contribution in [0.2, 0.25) is 0 Å². The summed E-state index contributed by atoms with van der Waals surface area (Å²) in [4.78, 5) is 34.4. The lowest BCUT2D eigenvalue weighted by Gasteiger charge is -2.16. The fourth-order valence-corrected chi connectivity index (χ4v) is 3.95. The van der Waals surface area contributed by atoms with E-state index in [4.69, 9.17) is 9.82 Å². The van der Waals surface area contributed by atoms with Crippen LogP contribution in [0, 0.1) is 6.92 Å². The number of hydrogen-bond donors (Lipinski definition) is 1. The maximum absolute atomic E-state index is 13.0. The summed E-state index contributed by atoms with van der Waals surface area (Å²) >= 11 is 0. The van der Waals surface area contributed by atoms with Gasteiger partial charge in [-0.25, -0.2) is 4.98 Å². The smallest absolute Gasteiger partial charge is 0.266 e. The van der Waals surface area contributed by atoms with E-state index in [1.165, 1.54) is 0 Å². The molecule has 1 aliphatic rings. The number of benzene rings is 2. The van der Waals surface area contributed by atoms with Gasteiger partial charge in [-0.05, 0) is 36.5 Å². The van der Waals surface area contributed by atoms with E-state index in [1.807, 2.05) is 55.5 Å². The molecule has 0 aliphatic carbocycles. The third-order valence-electron chi connectivity index (χ3n) is 5.90. The maximum atomic E-state index is 13.0. The number of carbonyl (C=O) groups is 1. The lowest BCUT2D eigenvalue weighted by Crippen LogP contribution is -2.37. The zero-order chi connectivity index (χ0) is 23.4. The van der Waals surface area contributed by atoms with Crippen LogP contribution >= 0.6 is 0 Å². The summed E-state index contributed by atoms with van der Waals surface area (Å²) in [6.45, 7) is 3.94. The summed E-state index contributed by atoms with van der Waals surface area (Å²) in [6, 6.07) is 15.8. The van der Waals surface area contributed by atoms with Crippen molar-refractivity contribution in [2.45, 2.75) is 39.5 Å². The van der Waals surface area contributed by atoms with Crippen molar-refractivity contribution in [1.29, 1.82) is 0 Å². The van der Waals surface area contributed by atoms with Gasteiger partial charge in [0.2, 0.25) is 0 Å². The lowest BCUT2D eigenvalue weighted by atomic mass is 9.96. The standard InChI is InChI=1S/C26H28N4O3/c1-4-5-10-23-22(26(32)30(3)17(2)27-23)15-18-11-13-19(14-12-18)20-8-6-7-9-21(20)25-28-24(31)16-33-29-25/h6-9,11-14H,4-5,10,15-16H2,1-3H3,(H,28,29,31). The summed E-state index contributed by atoms with van der Waals surface area (Å²) in [5, 5.41) is 6.78. The molecule has 170 valence electrons. The Morgan fingerprint density at radius 2 is 1.79 bits per heavy atom. The van der Waals surface area contributed by atoms with E-state index in [0.29, 0.717) is 12.3 Å². The molecule has 0 spiro atoms. The van der Waals surface area contributed by atoms with Gasteiger partial charge in [0.15, 0.2) is 12.4 Å². The number of hydrogen-bond acceptors (Lipinski definition) is 5.